The van der Waals surface area contributed by atoms with Crippen LogP contribution in [0.25, 0.3) is 22.3 Å². The minimum Gasteiger partial charge on any atom is -0.342 e. The molecule has 0 atom stereocenters. The second-order valence-corrected chi connectivity index (χ2v) is 7.30. The van der Waals surface area contributed by atoms with Crippen molar-refractivity contribution < 1.29 is 0 Å². The molecule has 0 saturated carbocycles. The molecule has 0 aliphatic heterocycles. The van der Waals surface area contributed by atoms with Gasteiger partial charge in [-0.05, 0) is 29.3 Å². The first-order valence-electron chi connectivity index (χ1n) is 9.72. The summed E-state index contributed by atoms with van der Waals surface area (Å²) in [6.07, 6.45) is 2.13. The van der Waals surface area contributed by atoms with Crippen molar-refractivity contribution in [3.8, 4) is 11.4 Å². The molecule has 5 rings (SSSR count). The fourth-order valence-electron chi connectivity index (χ4n) is 3.61. The molecular weight excluding hydrogens is 358 g/mol. The normalized spacial score (nSPS) is 11.2. The Hall–Kier alpha value is -3.73. The van der Waals surface area contributed by atoms with Crippen molar-refractivity contribution in [2.75, 3.05) is 0 Å². The Balaban J connectivity index is 1.50. The van der Waals surface area contributed by atoms with Crippen molar-refractivity contribution in [1.82, 2.24) is 24.8 Å². The maximum absolute atomic E-state index is 4.64. The lowest BCUT2D eigenvalue weighted by Crippen LogP contribution is -2.03. The summed E-state index contributed by atoms with van der Waals surface area (Å²) in [7, 11) is 0. The summed E-state index contributed by atoms with van der Waals surface area (Å²) in [5, 5.41) is 14.4. The number of aryl methyl sites for hydroxylation is 1. The van der Waals surface area contributed by atoms with Gasteiger partial charge in [0.2, 0.25) is 5.82 Å². The summed E-state index contributed by atoms with van der Waals surface area (Å²) in [6.45, 7) is 3.52. The molecule has 0 aliphatic carbocycles. The van der Waals surface area contributed by atoms with Crippen LogP contribution < -0.4 is 0 Å². The molecule has 5 aromatic rings. The second kappa shape index (κ2) is 7.36. The van der Waals surface area contributed by atoms with Gasteiger partial charge in [-0.3, -0.25) is 0 Å². The minimum absolute atomic E-state index is 0.607. The molecule has 0 spiro atoms. The third-order valence-electron chi connectivity index (χ3n) is 5.12. The average Bonchev–Trinajstić information content (AvgIpc) is 3.35. The molecule has 142 valence electrons. The molecule has 5 nitrogen and oxygen atoms in total. The lowest BCUT2D eigenvalue weighted by molar-refractivity contribution is 0.573. The van der Waals surface area contributed by atoms with E-state index in [0.29, 0.717) is 12.4 Å². The highest BCUT2D eigenvalue weighted by Crippen LogP contribution is 2.28. The Morgan fingerprint density at radius 3 is 2.31 bits per heavy atom. The molecular formula is C24H21N5. The van der Waals surface area contributed by atoms with Crippen LogP contribution in [-0.2, 0) is 13.1 Å². The van der Waals surface area contributed by atoms with Crippen LogP contribution in [0.2, 0.25) is 0 Å². The van der Waals surface area contributed by atoms with Crippen molar-refractivity contribution >= 4 is 10.9 Å². The van der Waals surface area contributed by atoms with Crippen LogP contribution in [0.5, 0.6) is 0 Å². The van der Waals surface area contributed by atoms with Crippen LogP contribution in [0.15, 0.2) is 85.1 Å². The quantitative estimate of drug-likeness (QED) is 0.445. The van der Waals surface area contributed by atoms with Crippen LogP contribution >= 0.6 is 0 Å². The van der Waals surface area contributed by atoms with Gasteiger partial charge in [0, 0.05) is 29.2 Å². The van der Waals surface area contributed by atoms with Gasteiger partial charge in [-0.1, -0.05) is 78.4 Å². The molecule has 0 unspecified atom stereocenters. The van der Waals surface area contributed by atoms with E-state index in [2.05, 4.69) is 93.8 Å². The summed E-state index contributed by atoms with van der Waals surface area (Å²) in [6, 6.07) is 27.2. The Bertz CT molecular complexity index is 1250. The van der Waals surface area contributed by atoms with Crippen LogP contribution in [0.4, 0.5) is 0 Å². The zero-order valence-corrected chi connectivity index (χ0v) is 16.2. The predicted octanol–water partition coefficient (Wildman–Crippen LogP) is 4.70. The largest absolute Gasteiger partial charge is 0.342 e. The molecule has 2 heterocycles. The van der Waals surface area contributed by atoms with Gasteiger partial charge in [0.1, 0.15) is 0 Å². The fraction of sp³-hybridized carbons (Fsp3) is 0.125. The smallest absolute Gasteiger partial charge is 0.207 e. The van der Waals surface area contributed by atoms with Crippen molar-refractivity contribution in [2.24, 2.45) is 0 Å². The highest BCUT2D eigenvalue weighted by atomic mass is 15.6. The number of rotatable bonds is 5. The molecule has 0 aliphatic rings. The summed E-state index contributed by atoms with van der Waals surface area (Å²) in [4.78, 5) is 1.65. The van der Waals surface area contributed by atoms with Gasteiger partial charge < -0.3 is 4.57 Å². The first-order valence-corrected chi connectivity index (χ1v) is 9.72. The topological polar surface area (TPSA) is 48.5 Å². The Labute approximate surface area is 169 Å². The van der Waals surface area contributed by atoms with Crippen molar-refractivity contribution in [3.05, 3.63) is 102 Å². The summed E-state index contributed by atoms with van der Waals surface area (Å²) < 4.78 is 2.26. The highest BCUT2D eigenvalue weighted by Gasteiger charge is 2.15. The van der Waals surface area contributed by atoms with Gasteiger partial charge >= 0.3 is 0 Å². The van der Waals surface area contributed by atoms with E-state index in [9.17, 15) is 0 Å². The highest BCUT2D eigenvalue weighted by molar-refractivity contribution is 5.94. The number of para-hydroxylation sites is 1. The Morgan fingerprint density at radius 2 is 1.48 bits per heavy atom. The number of hydrogen-bond donors (Lipinski definition) is 0. The first-order chi connectivity index (χ1) is 14.3. The molecule has 0 radical (unpaired) electrons. The molecule has 2 aromatic heterocycles. The molecule has 0 N–H and O–H groups in total. The van der Waals surface area contributed by atoms with Crippen molar-refractivity contribution in [2.45, 2.75) is 20.0 Å². The number of hydrogen-bond acceptors (Lipinski definition) is 3. The van der Waals surface area contributed by atoms with E-state index in [4.69, 9.17) is 0 Å². The molecule has 0 bridgehead atoms. The number of aromatic nitrogens is 5. The predicted molar refractivity (Wildman–Crippen MR) is 115 cm³/mol. The van der Waals surface area contributed by atoms with E-state index >= 15 is 0 Å². The molecule has 0 amide bonds. The van der Waals surface area contributed by atoms with Gasteiger partial charge in [-0.2, -0.15) is 4.80 Å². The monoisotopic (exact) mass is 379 g/mol. The third kappa shape index (κ3) is 3.55. The molecule has 0 saturated heterocycles. The Morgan fingerprint density at radius 1 is 0.759 bits per heavy atom. The van der Waals surface area contributed by atoms with Gasteiger partial charge in [0.15, 0.2) is 0 Å². The van der Waals surface area contributed by atoms with Gasteiger partial charge in [0.05, 0.1) is 6.54 Å². The maximum atomic E-state index is 4.64. The van der Waals surface area contributed by atoms with E-state index in [1.54, 1.807) is 4.80 Å². The number of tetrazole rings is 1. The SMILES string of the molecule is Cc1ccc(Cn2cc(-c3nnn(Cc4ccccc4)n3)c3ccccc32)cc1. The standard InChI is InChI=1S/C24H21N5/c1-18-11-13-20(14-12-18)15-28-17-22(21-9-5-6-10-23(21)28)24-25-27-29(26-24)16-19-7-3-2-4-8-19/h2-14,17H,15-16H2,1H3. The first kappa shape index (κ1) is 17.4. The summed E-state index contributed by atoms with van der Waals surface area (Å²) in [5.41, 5.74) is 5.86. The minimum atomic E-state index is 0.607. The van der Waals surface area contributed by atoms with Gasteiger partial charge in [0.25, 0.3) is 0 Å². The lowest BCUT2D eigenvalue weighted by atomic mass is 10.1. The van der Waals surface area contributed by atoms with E-state index in [-0.39, 0.29) is 0 Å². The lowest BCUT2D eigenvalue weighted by Gasteiger charge is -2.05. The zero-order valence-electron chi connectivity index (χ0n) is 16.2. The fourth-order valence-corrected chi connectivity index (χ4v) is 3.61. The van der Waals surface area contributed by atoms with Gasteiger partial charge in [-0.15, -0.1) is 10.2 Å². The average molecular weight is 379 g/mol. The van der Waals surface area contributed by atoms with Gasteiger partial charge in [-0.25, -0.2) is 0 Å². The molecule has 5 heteroatoms. The Kier molecular flexibility index (Phi) is 4.41. The number of fused-ring (bicyclic) bond motifs is 1. The summed E-state index contributed by atoms with van der Waals surface area (Å²) in [5.74, 6) is 0.653. The molecule has 29 heavy (non-hydrogen) atoms. The number of nitrogens with zero attached hydrogens (tertiary/aromatic N) is 5. The number of benzene rings is 3. The maximum Gasteiger partial charge on any atom is 0.207 e. The van der Waals surface area contributed by atoms with Crippen LogP contribution in [0.3, 0.4) is 0 Å². The van der Waals surface area contributed by atoms with E-state index < -0.39 is 0 Å². The van der Waals surface area contributed by atoms with Crippen molar-refractivity contribution in [1.29, 1.82) is 0 Å². The summed E-state index contributed by atoms with van der Waals surface area (Å²) >= 11 is 0. The van der Waals surface area contributed by atoms with Crippen molar-refractivity contribution in [3.63, 3.8) is 0 Å². The van der Waals surface area contributed by atoms with E-state index in [0.717, 1.165) is 23.1 Å². The third-order valence-corrected chi connectivity index (χ3v) is 5.12. The second-order valence-electron chi connectivity index (χ2n) is 7.30. The van der Waals surface area contributed by atoms with Crippen LogP contribution in [0, 0.1) is 6.92 Å². The van der Waals surface area contributed by atoms with Crippen LogP contribution in [-0.4, -0.2) is 24.8 Å². The van der Waals surface area contributed by atoms with E-state index in [1.807, 2.05) is 18.2 Å². The molecule has 3 aromatic carbocycles. The molecule has 0 fully saturated rings. The van der Waals surface area contributed by atoms with E-state index in [1.165, 1.54) is 16.6 Å². The van der Waals surface area contributed by atoms with Crippen LogP contribution in [0.1, 0.15) is 16.7 Å². The zero-order chi connectivity index (χ0) is 19.6.